The number of terminal acetylenes is 1. The van der Waals surface area contributed by atoms with Crippen LogP contribution < -0.4 is 5.32 Å². The molecule has 0 aliphatic carbocycles. The molecule has 0 saturated carbocycles. The molecule has 0 radical (unpaired) electrons. The molecule has 1 amide bonds. The Morgan fingerprint density at radius 3 is 2.76 bits per heavy atom. The first-order valence-electron chi connectivity index (χ1n) is 5.92. The van der Waals surface area contributed by atoms with E-state index < -0.39 is 0 Å². The van der Waals surface area contributed by atoms with Gasteiger partial charge in [0.15, 0.2) is 0 Å². The fraction of sp³-hybridized carbons (Fsp3) is 0.750. The Morgan fingerprint density at radius 1 is 1.41 bits per heavy atom. The highest BCUT2D eigenvalue weighted by atomic mass is 32.2. The smallest absolute Gasteiger partial charge is 0.236 e. The fourth-order valence-corrected chi connectivity index (χ4v) is 2.19. The van der Waals surface area contributed by atoms with Crippen LogP contribution in [-0.2, 0) is 4.79 Å². The van der Waals surface area contributed by atoms with E-state index in [9.17, 15) is 4.79 Å². The van der Waals surface area contributed by atoms with Crippen LogP contribution in [0.1, 0.15) is 0 Å². The quantitative estimate of drug-likeness (QED) is 0.523. The molecule has 96 valence electrons. The van der Waals surface area contributed by atoms with E-state index in [0.717, 1.165) is 44.2 Å². The SMILES string of the molecule is C#CCSCCNCC(=O)N1CCN(C)CC1. The first-order chi connectivity index (χ1) is 8.24. The summed E-state index contributed by atoms with van der Waals surface area (Å²) in [6, 6.07) is 0. The van der Waals surface area contributed by atoms with Gasteiger partial charge in [-0.3, -0.25) is 4.79 Å². The molecule has 1 rings (SSSR count). The molecule has 17 heavy (non-hydrogen) atoms. The van der Waals surface area contributed by atoms with Crippen molar-refractivity contribution in [3.8, 4) is 12.3 Å². The topological polar surface area (TPSA) is 35.6 Å². The molecule has 0 bridgehead atoms. The number of amides is 1. The minimum Gasteiger partial charge on any atom is -0.339 e. The lowest BCUT2D eigenvalue weighted by molar-refractivity contribution is -0.131. The highest BCUT2D eigenvalue weighted by Crippen LogP contribution is 1.99. The molecule has 4 nitrogen and oxygen atoms in total. The lowest BCUT2D eigenvalue weighted by Gasteiger charge is -2.32. The third-order valence-corrected chi connectivity index (χ3v) is 3.60. The minimum atomic E-state index is 0.208. The van der Waals surface area contributed by atoms with Crippen molar-refractivity contribution in [1.29, 1.82) is 0 Å². The summed E-state index contributed by atoms with van der Waals surface area (Å²) >= 11 is 1.71. The van der Waals surface area contributed by atoms with E-state index in [1.165, 1.54) is 0 Å². The summed E-state index contributed by atoms with van der Waals surface area (Å²) in [4.78, 5) is 16.0. The number of carbonyl (C=O) groups excluding carboxylic acids is 1. The van der Waals surface area contributed by atoms with Crippen molar-refractivity contribution in [3.63, 3.8) is 0 Å². The number of thioether (sulfide) groups is 1. The Labute approximate surface area is 108 Å². The molecule has 0 aromatic heterocycles. The van der Waals surface area contributed by atoms with E-state index in [2.05, 4.69) is 23.2 Å². The molecule has 1 saturated heterocycles. The zero-order valence-corrected chi connectivity index (χ0v) is 11.3. The largest absolute Gasteiger partial charge is 0.339 e. The van der Waals surface area contributed by atoms with Crippen molar-refractivity contribution in [1.82, 2.24) is 15.1 Å². The molecule has 1 fully saturated rings. The van der Waals surface area contributed by atoms with Gasteiger partial charge < -0.3 is 15.1 Å². The molecular weight excluding hydrogens is 234 g/mol. The number of nitrogens with one attached hydrogen (secondary N) is 1. The number of carbonyl (C=O) groups is 1. The van der Waals surface area contributed by atoms with Gasteiger partial charge in [0.25, 0.3) is 0 Å². The van der Waals surface area contributed by atoms with Gasteiger partial charge in [-0.15, -0.1) is 18.2 Å². The molecular formula is C12H21N3OS. The van der Waals surface area contributed by atoms with Crippen LogP contribution in [0.25, 0.3) is 0 Å². The van der Waals surface area contributed by atoms with Gasteiger partial charge in [0, 0.05) is 38.5 Å². The van der Waals surface area contributed by atoms with Gasteiger partial charge in [0.05, 0.1) is 12.3 Å². The lowest BCUT2D eigenvalue weighted by Crippen LogP contribution is -2.49. The van der Waals surface area contributed by atoms with Crippen LogP contribution in [0.15, 0.2) is 0 Å². The molecule has 1 heterocycles. The Morgan fingerprint density at radius 2 is 2.12 bits per heavy atom. The molecule has 0 spiro atoms. The molecule has 1 N–H and O–H groups in total. The summed E-state index contributed by atoms with van der Waals surface area (Å²) in [5, 5.41) is 3.16. The van der Waals surface area contributed by atoms with Crippen molar-refractivity contribution in [2.75, 3.05) is 57.8 Å². The van der Waals surface area contributed by atoms with Crippen LogP contribution in [0.3, 0.4) is 0 Å². The van der Waals surface area contributed by atoms with Crippen molar-refractivity contribution in [2.45, 2.75) is 0 Å². The van der Waals surface area contributed by atoms with E-state index in [4.69, 9.17) is 6.42 Å². The first-order valence-corrected chi connectivity index (χ1v) is 7.07. The maximum Gasteiger partial charge on any atom is 0.236 e. The van der Waals surface area contributed by atoms with Crippen molar-refractivity contribution in [3.05, 3.63) is 0 Å². The maximum atomic E-state index is 11.8. The fourth-order valence-electron chi connectivity index (χ4n) is 1.64. The number of piperazine rings is 1. The third kappa shape index (κ3) is 5.97. The van der Waals surface area contributed by atoms with E-state index in [0.29, 0.717) is 6.54 Å². The van der Waals surface area contributed by atoms with Gasteiger partial charge in [0.1, 0.15) is 0 Å². The monoisotopic (exact) mass is 255 g/mol. The average Bonchev–Trinajstić information content (AvgIpc) is 2.34. The van der Waals surface area contributed by atoms with Crippen molar-refractivity contribution >= 4 is 17.7 Å². The van der Waals surface area contributed by atoms with Gasteiger partial charge in [-0.05, 0) is 7.05 Å². The second-order valence-corrected chi connectivity index (χ2v) is 5.22. The normalized spacial score (nSPS) is 16.8. The molecule has 0 unspecified atom stereocenters. The summed E-state index contributed by atoms with van der Waals surface area (Å²) in [6.45, 7) is 4.94. The van der Waals surface area contributed by atoms with E-state index in [1.807, 2.05) is 4.90 Å². The summed E-state index contributed by atoms with van der Waals surface area (Å²) in [6.07, 6.45) is 5.14. The Balaban J connectivity index is 2.03. The van der Waals surface area contributed by atoms with Crippen molar-refractivity contribution < 1.29 is 4.79 Å². The standard InChI is InChI=1S/C12H21N3OS/c1-3-9-17-10-4-13-11-12(16)15-7-5-14(2)6-8-15/h1,13H,4-11H2,2H3. The first kappa shape index (κ1) is 14.4. The maximum absolute atomic E-state index is 11.8. The van der Waals surface area contributed by atoms with Crippen LogP contribution in [0.5, 0.6) is 0 Å². The average molecular weight is 255 g/mol. The number of hydrogen-bond acceptors (Lipinski definition) is 4. The summed E-state index contributed by atoms with van der Waals surface area (Å²) in [7, 11) is 2.09. The lowest BCUT2D eigenvalue weighted by atomic mass is 10.3. The highest BCUT2D eigenvalue weighted by Gasteiger charge is 2.17. The second kappa shape index (κ2) is 8.40. The number of nitrogens with zero attached hydrogens (tertiary/aromatic N) is 2. The minimum absolute atomic E-state index is 0.208. The summed E-state index contributed by atoms with van der Waals surface area (Å²) in [5.41, 5.74) is 0. The zero-order valence-electron chi connectivity index (χ0n) is 10.4. The van der Waals surface area contributed by atoms with Gasteiger partial charge in [0.2, 0.25) is 5.91 Å². The Kier molecular flexibility index (Phi) is 7.10. The second-order valence-electron chi connectivity index (χ2n) is 4.12. The van der Waals surface area contributed by atoms with Crippen LogP contribution in [-0.4, -0.2) is 73.5 Å². The summed E-state index contributed by atoms with van der Waals surface area (Å²) in [5.74, 6) is 4.49. The van der Waals surface area contributed by atoms with E-state index >= 15 is 0 Å². The Bertz CT molecular complexity index is 269. The van der Waals surface area contributed by atoms with Gasteiger partial charge in [-0.1, -0.05) is 5.92 Å². The molecule has 1 aliphatic heterocycles. The van der Waals surface area contributed by atoms with Gasteiger partial charge in [-0.2, -0.15) is 0 Å². The molecule has 5 heteroatoms. The van der Waals surface area contributed by atoms with E-state index in [-0.39, 0.29) is 5.91 Å². The molecule has 1 aliphatic rings. The highest BCUT2D eigenvalue weighted by molar-refractivity contribution is 7.99. The van der Waals surface area contributed by atoms with E-state index in [1.54, 1.807) is 11.8 Å². The molecule has 0 aromatic rings. The molecule has 0 aromatic carbocycles. The van der Waals surface area contributed by atoms with Gasteiger partial charge >= 0.3 is 0 Å². The number of hydrogen-bond donors (Lipinski definition) is 1. The Hall–Kier alpha value is -0.700. The predicted octanol–water partition coefficient (Wildman–Crippen LogP) is -0.284. The predicted molar refractivity (Wildman–Crippen MR) is 73.1 cm³/mol. The van der Waals surface area contributed by atoms with Crippen LogP contribution in [0, 0.1) is 12.3 Å². The zero-order chi connectivity index (χ0) is 12.5. The number of likely N-dealkylation sites (N-methyl/N-ethyl adjacent to an activating group) is 1. The van der Waals surface area contributed by atoms with Crippen LogP contribution >= 0.6 is 11.8 Å². The third-order valence-electron chi connectivity index (χ3n) is 2.74. The van der Waals surface area contributed by atoms with Crippen LogP contribution in [0.2, 0.25) is 0 Å². The van der Waals surface area contributed by atoms with Crippen LogP contribution in [0.4, 0.5) is 0 Å². The number of rotatable bonds is 6. The molecule has 0 atom stereocenters. The summed E-state index contributed by atoms with van der Waals surface area (Å²) < 4.78 is 0. The van der Waals surface area contributed by atoms with Crippen molar-refractivity contribution in [2.24, 2.45) is 0 Å². The van der Waals surface area contributed by atoms with Gasteiger partial charge in [-0.25, -0.2) is 0 Å².